The van der Waals surface area contributed by atoms with Crippen molar-refractivity contribution in [3.8, 4) is 0 Å². The zero-order valence-electron chi connectivity index (χ0n) is 14.7. The topological polar surface area (TPSA) is 92.5 Å². The first-order valence-electron chi connectivity index (χ1n) is 9.00. The Morgan fingerprint density at radius 2 is 1.81 bits per heavy atom. The number of nitrogens with one attached hydrogen (secondary N) is 1. The lowest BCUT2D eigenvalue weighted by Gasteiger charge is -2.35. The molecule has 2 aromatic carbocycles. The molecule has 0 atom stereocenters. The Balaban J connectivity index is 1.50. The first-order chi connectivity index (χ1) is 13.0. The average Bonchev–Trinajstić information content (AvgIpc) is 2.65. The molecule has 2 aliphatic heterocycles. The Morgan fingerprint density at radius 3 is 2.52 bits per heavy atom. The maximum absolute atomic E-state index is 12.4. The van der Waals surface area contributed by atoms with Crippen LogP contribution in [0.3, 0.4) is 0 Å². The molecule has 0 unspecified atom stereocenters. The smallest absolute Gasteiger partial charge is 0.269 e. The van der Waals surface area contributed by atoms with Crippen LogP contribution >= 0.6 is 0 Å². The highest BCUT2D eigenvalue weighted by atomic mass is 16.6. The zero-order valence-corrected chi connectivity index (χ0v) is 14.7. The fraction of sp³-hybridized carbons (Fsp3) is 0.300. The van der Waals surface area contributed by atoms with Crippen molar-refractivity contribution in [2.24, 2.45) is 0 Å². The van der Waals surface area contributed by atoms with E-state index in [9.17, 15) is 19.7 Å². The van der Waals surface area contributed by atoms with E-state index in [2.05, 4.69) is 5.32 Å². The molecule has 0 fully saturated rings. The van der Waals surface area contributed by atoms with Crippen molar-refractivity contribution in [2.75, 3.05) is 16.8 Å². The predicted octanol–water partition coefficient (Wildman–Crippen LogP) is 3.00. The molecule has 2 aliphatic rings. The van der Waals surface area contributed by atoms with Crippen LogP contribution < -0.4 is 10.2 Å². The first kappa shape index (κ1) is 17.2. The SMILES string of the molecule is O=C(Cc1ccc([N+](=O)[O-])cc1)Nc1cc2c3c(c1)CCC(=O)N3CCC2. The molecule has 2 aromatic rings. The quantitative estimate of drug-likeness (QED) is 0.666. The second-order valence-electron chi connectivity index (χ2n) is 6.94. The van der Waals surface area contributed by atoms with E-state index in [1.54, 1.807) is 12.1 Å². The van der Waals surface area contributed by atoms with Crippen LogP contribution in [0, 0.1) is 10.1 Å². The summed E-state index contributed by atoms with van der Waals surface area (Å²) in [4.78, 5) is 36.6. The van der Waals surface area contributed by atoms with Gasteiger partial charge >= 0.3 is 0 Å². The Labute approximate surface area is 156 Å². The lowest BCUT2D eigenvalue weighted by atomic mass is 9.91. The predicted molar refractivity (Wildman–Crippen MR) is 101 cm³/mol. The van der Waals surface area contributed by atoms with Gasteiger partial charge < -0.3 is 10.2 Å². The van der Waals surface area contributed by atoms with Crippen molar-refractivity contribution in [1.82, 2.24) is 0 Å². The van der Waals surface area contributed by atoms with Gasteiger partial charge in [0.1, 0.15) is 0 Å². The van der Waals surface area contributed by atoms with Gasteiger partial charge in [-0.3, -0.25) is 19.7 Å². The van der Waals surface area contributed by atoms with E-state index in [0.717, 1.165) is 41.9 Å². The number of amides is 2. The number of nitro groups is 1. The van der Waals surface area contributed by atoms with Gasteiger partial charge in [0.15, 0.2) is 0 Å². The van der Waals surface area contributed by atoms with Crippen LogP contribution in [0.2, 0.25) is 0 Å². The summed E-state index contributed by atoms with van der Waals surface area (Å²) in [6.07, 6.45) is 3.18. The van der Waals surface area contributed by atoms with Gasteiger partial charge in [0.2, 0.25) is 11.8 Å². The van der Waals surface area contributed by atoms with Gasteiger partial charge in [0.25, 0.3) is 5.69 Å². The number of nitrogens with zero attached hydrogens (tertiary/aromatic N) is 2. The Bertz CT molecular complexity index is 920. The van der Waals surface area contributed by atoms with Gasteiger partial charge in [-0.05, 0) is 48.1 Å². The number of rotatable bonds is 4. The minimum atomic E-state index is -0.462. The molecule has 4 rings (SSSR count). The summed E-state index contributed by atoms with van der Waals surface area (Å²) in [5.41, 5.74) is 4.72. The highest BCUT2D eigenvalue weighted by Crippen LogP contribution is 2.37. The highest BCUT2D eigenvalue weighted by Gasteiger charge is 2.29. The monoisotopic (exact) mass is 365 g/mol. The Hall–Kier alpha value is -3.22. The van der Waals surface area contributed by atoms with E-state index in [0.29, 0.717) is 18.4 Å². The number of hydrogen-bond acceptors (Lipinski definition) is 4. The lowest BCUT2D eigenvalue weighted by Crippen LogP contribution is -2.39. The molecule has 0 aliphatic carbocycles. The van der Waals surface area contributed by atoms with E-state index in [-0.39, 0.29) is 23.9 Å². The standard InChI is InChI=1S/C20H19N3O4/c24-18(10-13-3-6-17(7-4-13)23(26)27)21-16-11-14-2-1-9-22-19(25)8-5-15(12-16)20(14)22/h3-4,6-7,11-12H,1-2,5,8-10H2,(H,21,24). The first-order valence-corrected chi connectivity index (χ1v) is 9.00. The van der Waals surface area contributed by atoms with Gasteiger partial charge in [-0.25, -0.2) is 0 Å². The second kappa shape index (κ2) is 6.83. The van der Waals surface area contributed by atoms with Crippen LogP contribution in [-0.4, -0.2) is 23.3 Å². The molecule has 2 amide bonds. The summed E-state index contributed by atoms with van der Waals surface area (Å²) in [5.74, 6) is 0.00830. The number of anilines is 2. The summed E-state index contributed by atoms with van der Waals surface area (Å²) >= 11 is 0. The third-order valence-corrected chi connectivity index (χ3v) is 5.07. The van der Waals surface area contributed by atoms with E-state index in [1.807, 2.05) is 17.0 Å². The molecular weight excluding hydrogens is 346 g/mol. The van der Waals surface area contributed by atoms with Crippen molar-refractivity contribution < 1.29 is 14.5 Å². The number of non-ortho nitro benzene ring substituents is 1. The molecule has 0 radical (unpaired) electrons. The van der Waals surface area contributed by atoms with E-state index >= 15 is 0 Å². The molecule has 0 saturated heterocycles. The summed E-state index contributed by atoms with van der Waals surface area (Å²) in [7, 11) is 0. The van der Waals surface area contributed by atoms with Crippen molar-refractivity contribution in [1.29, 1.82) is 0 Å². The van der Waals surface area contributed by atoms with Crippen molar-refractivity contribution in [2.45, 2.75) is 32.1 Å². The molecule has 7 nitrogen and oxygen atoms in total. The second-order valence-corrected chi connectivity index (χ2v) is 6.94. The fourth-order valence-corrected chi connectivity index (χ4v) is 3.85. The van der Waals surface area contributed by atoms with Gasteiger partial charge in [0.05, 0.1) is 17.0 Å². The highest BCUT2D eigenvalue weighted by molar-refractivity contribution is 5.99. The van der Waals surface area contributed by atoms with Crippen LogP contribution in [-0.2, 0) is 28.9 Å². The molecule has 0 spiro atoms. The van der Waals surface area contributed by atoms with Crippen LogP contribution in [0.5, 0.6) is 0 Å². The zero-order chi connectivity index (χ0) is 19.0. The van der Waals surface area contributed by atoms with Gasteiger partial charge in [-0.1, -0.05) is 12.1 Å². The number of aryl methyl sites for hydroxylation is 2. The molecular formula is C20H19N3O4. The van der Waals surface area contributed by atoms with E-state index in [4.69, 9.17) is 0 Å². The lowest BCUT2D eigenvalue weighted by molar-refractivity contribution is -0.384. The average molecular weight is 365 g/mol. The van der Waals surface area contributed by atoms with Gasteiger partial charge in [0, 0.05) is 30.8 Å². The van der Waals surface area contributed by atoms with E-state index < -0.39 is 4.92 Å². The molecule has 0 aromatic heterocycles. The number of hydrogen-bond donors (Lipinski definition) is 1. The number of nitro benzene ring substituents is 1. The minimum absolute atomic E-state index is 0.00652. The van der Waals surface area contributed by atoms with Crippen molar-refractivity contribution in [3.63, 3.8) is 0 Å². The van der Waals surface area contributed by atoms with Crippen LogP contribution in [0.4, 0.5) is 17.1 Å². The van der Waals surface area contributed by atoms with Crippen LogP contribution in [0.25, 0.3) is 0 Å². The third kappa shape index (κ3) is 3.40. The van der Waals surface area contributed by atoms with Gasteiger partial charge in [-0.15, -0.1) is 0 Å². The maximum Gasteiger partial charge on any atom is 0.269 e. The normalized spacial score (nSPS) is 15.3. The van der Waals surface area contributed by atoms with Crippen LogP contribution in [0.1, 0.15) is 29.5 Å². The molecule has 0 bridgehead atoms. The van der Waals surface area contributed by atoms with Crippen molar-refractivity contribution in [3.05, 3.63) is 63.2 Å². The molecule has 138 valence electrons. The summed E-state index contributed by atoms with van der Waals surface area (Å²) in [6.45, 7) is 0.769. The van der Waals surface area contributed by atoms with Crippen molar-refractivity contribution >= 4 is 28.9 Å². The summed E-state index contributed by atoms with van der Waals surface area (Å²) in [6, 6.07) is 9.90. The molecule has 7 heteroatoms. The number of carbonyl (C=O) groups excluding carboxylic acids is 2. The van der Waals surface area contributed by atoms with E-state index in [1.165, 1.54) is 12.1 Å². The molecule has 2 heterocycles. The molecule has 1 N–H and O–H groups in total. The summed E-state index contributed by atoms with van der Waals surface area (Å²) in [5, 5.41) is 13.6. The fourth-order valence-electron chi connectivity index (χ4n) is 3.85. The summed E-state index contributed by atoms with van der Waals surface area (Å²) < 4.78 is 0. The number of carbonyl (C=O) groups is 2. The molecule has 0 saturated carbocycles. The Kier molecular flexibility index (Phi) is 4.35. The van der Waals surface area contributed by atoms with Gasteiger partial charge in [-0.2, -0.15) is 0 Å². The number of benzene rings is 2. The largest absolute Gasteiger partial charge is 0.326 e. The Morgan fingerprint density at radius 1 is 1.11 bits per heavy atom. The molecule has 27 heavy (non-hydrogen) atoms. The third-order valence-electron chi connectivity index (χ3n) is 5.07. The minimum Gasteiger partial charge on any atom is -0.326 e. The maximum atomic E-state index is 12.4. The van der Waals surface area contributed by atoms with Crippen LogP contribution in [0.15, 0.2) is 36.4 Å².